The number of rotatable bonds is 6. The first-order chi connectivity index (χ1) is 8.99. The normalized spacial score (nSPS) is 10.8. The Morgan fingerprint density at radius 3 is 2.53 bits per heavy atom. The van der Waals surface area contributed by atoms with Crippen LogP contribution >= 0.6 is 15.9 Å². The lowest BCUT2D eigenvalue weighted by Gasteiger charge is -2.27. The molecule has 4 nitrogen and oxygen atoms in total. The fourth-order valence-electron chi connectivity index (χ4n) is 1.87. The van der Waals surface area contributed by atoms with Crippen LogP contribution in [0.1, 0.15) is 32.3 Å². The molecule has 0 aromatic heterocycles. The molecular weight excluding hydrogens is 308 g/mol. The van der Waals surface area contributed by atoms with E-state index >= 15 is 0 Å². The molecule has 1 aromatic rings. The van der Waals surface area contributed by atoms with Gasteiger partial charge in [0.05, 0.1) is 17.0 Å². The third-order valence-corrected chi connectivity index (χ3v) is 4.18. The molecule has 0 aliphatic carbocycles. The third-order valence-electron chi connectivity index (χ3n) is 3.52. The maximum absolute atomic E-state index is 11.4. The summed E-state index contributed by atoms with van der Waals surface area (Å²) in [5, 5.41) is 21.3. The van der Waals surface area contributed by atoms with E-state index < -0.39 is 11.4 Å². The Hall–Kier alpha value is -1.54. The maximum atomic E-state index is 11.4. The molecule has 0 saturated heterocycles. The van der Waals surface area contributed by atoms with Crippen LogP contribution in [0, 0.1) is 16.7 Å². The van der Waals surface area contributed by atoms with Crippen molar-refractivity contribution in [3.05, 3.63) is 28.2 Å². The Balaban J connectivity index is 2.87. The number of carbonyl (C=O) groups is 1. The maximum Gasteiger partial charge on any atom is 0.311 e. The van der Waals surface area contributed by atoms with Gasteiger partial charge in [-0.05, 0) is 47.0 Å². The molecule has 0 saturated carbocycles. The lowest BCUT2D eigenvalue weighted by Crippen LogP contribution is -2.36. The van der Waals surface area contributed by atoms with Gasteiger partial charge >= 0.3 is 5.97 Å². The minimum Gasteiger partial charge on any atom is -0.481 e. The van der Waals surface area contributed by atoms with Crippen molar-refractivity contribution >= 4 is 27.6 Å². The van der Waals surface area contributed by atoms with Crippen molar-refractivity contribution in [1.29, 1.82) is 5.26 Å². The van der Waals surface area contributed by atoms with Crippen LogP contribution in [0.2, 0.25) is 0 Å². The summed E-state index contributed by atoms with van der Waals surface area (Å²) < 4.78 is 0.762. The molecule has 2 N–H and O–H groups in total. The minimum absolute atomic E-state index is 0.361. The van der Waals surface area contributed by atoms with Crippen LogP contribution in [-0.4, -0.2) is 17.6 Å². The van der Waals surface area contributed by atoms with Crippen LogP contribution in [0.5, 0.6) is 0 Å². The molecule has 0 atom stereocenters. The van der Waals surface area contributed by atoms with E-state index in [4.69, 9.17) is 5.26 Å². The summed E-state index contributed by atoms with van der Waals surface area (Å²) in [6, 6.07) is 7.25. The first-order valence-corrected chi connectivity index (χ1v) is 6.95. The van der Waals surface area contributed by atoms with Gasteiger partial charge in [-0.25, -0.2) is 0 Å². The molecule has 102 valence electrons. The summed E-state index contributed by atoms with van der Waals surface area (Å²) in [6.45, 7) is 4.13. The van der Waals surface area contributed by atoms with Gasteiger partial charge in [-0.3, -0.25) is 4.79 Å². The molecule has 0 heterocycles. The second-order valence-electron chi connectivity index (χ2n) is 4.45. The van der Waals surface area contributed by atoms with Crippen LogP contribution in [0.4, 0.5) is 5.69 Å². The Labute approximate surface area is 121 Å². The van der Waals surface area contributed by atoms with Crippen molar-refractivity contribution in [3.8, 4) is 6.07 Å². The average molecular weight is 325 g/mol. The number of hydrogen-bond donors (Lipinski definition) is 2. The largest absolute Gasteiger partial charge is 0.481 e. The first-order valence-electron chi connectivity index (χ1n) is 6.16. The zero-order valence-electron chi connectivity index (χ0n) is 11.0. The number of anilines is 1. The lowest BCUT2D eigenvalue weighted by molar-refractivity contribution is -0.148. The Kier molecular flexibility index (Phi) is 5.37. The third kappa shape index (κ3) is 3.48. The predicted octanol–water partition coefficient (Wildman–Crippen LogP) is 3.62. The molecule has 0 radical (unpaired) electrons. The van der Waals surface area contributed by atoms with Gasteiger partial charge in [-0.1, -0.05) is 13.8 Å². The smallest absolute Gasteiger partial charge is 0.311 e. The number of hydrogen-bond acceptors (Lipinski definition) is 3. The van der Waals surface area contributed by atoms with Crippen LogP contribution in [-0.2, 0) is 4.79 Å². The van der Waals surface area contributed by atoms with Crippen molar-refractivity contribution < 1.29 is 9.90 Å². The van der Waals surface area contributed by atoms with E-state index in [0.717, 1.165) is 10.2 Å². The number of aliphatic carboxylic acids is 1. The number of carboxylic acid groups (broad SMARTS) is 1. The zero-order valence-corrected chi connectivity index (χ0v) is 12.6. The van der Waals surface area contributed by atoms with Gasteiger partial charge in [0.25, 0.3) is 0 Å². The number of nitrogens with one attached hydrogen (secondary N) is 1. The van der Waals surface area contributed by atoms with Gasteiger partial charge in [0.15, 0.2) is 0 Å². The summed E-state index contributed by atoms with van der Waals surface area (Å²) in [5.74, 6) is -0.783. The van der Waals surface area contributed by atoms with E-state index in [9.17, 15) is 9.90 Å². The van der Waals surface area contributed by atoms with Crippen LogP contribution < -0.4 is 5.32 Å². The van der Waals surface area contributed by atoms with E-state index in [1.165, 1.54) is 0 Å². The van der Waals surface area contributed by atoms with Gasteiger partial charge in [0, 0.05) is 16.7 Å². The second-order valence-corrected chi connectivity index (χ2v) is 5.31. The number of halogens is 1. The lowest BCUT2D eigenvalue weighted by atomic mass is 9.82. The SMILES string of the molecule is CCC(CC)(CNc1ccc(C#N)cc1Br)C(=O)O. The predicted molar refractivity (Wildman–Crippen MR) is 78.0 cm³/mol. The molecule has 0 unspecified atom stereocenters. The van der Waals surface area contributed by atoms with E-state index in [-0.39, 0.29) is 0 Å². The molecule has 0 amide bonds. The van der Waals surface area contributed by atoms with Crippen LogP contribution in [0.25, 0.3) is 0 Å². The van der Waals surface area contributed by atoms with Crippen molar-refractivity contribution in [2.45, 2.75) is 26.7 Å². The molecule has 1 aromatic carbocycles. The molecule has 0 aliphatic rings. The number of carboxylic acids is 1. The van der Waals surface area contributed by atoms with Gasteiger partial charge < -0.3 is 10.4 Å². The fraction of sp³-hybridized carbons (Fsp3) is 0.429. The summed E-state index contributed by atoms with van der Waals surface area (Å²) in [4.78, 5) is 11.4. The van der Waals surface area contributed by atoms with Gasteiger partial charge in [-0.15, -0.1) is 0 Å². The highest BCUT2D eigenvalue weighted by atomic mass is 79.9. The highest BCUT2D eigenvalue weighted by Crippen LogP contribution is 2.29. The standard InChI is InChI=1S/C14H17BrN2O2/c1-3-14(4-2,13(18)19)9-17-12-6-5-10(8-16)7-11(12)15/h5-7,17H,3-4,9H2,1-2H3,(H,18,19). The summed E-state index contributed by atoms with van der Waals surface area (Å²) in [6.07, 6.45) is 1.14. The number of benzene rings is 1. The molecule has 0 spiro atoms. The molecule has 0 bridgehead atoms. The number of nitrogens with zero attached hydrogens (tertiary/aromatic N) is 1. The fourth-order valence-corrected chi connectivity index (χ4v) is 2.39. The van der Waals surface area contributed by atoms with E-state index in [1.54, 1.807) is 18.2 Å². The second kappa shape index (κ2) is 6.58. The topological polar surface area (TPSA) is 73.1 Å². The van der Waals surface area contributed by atoms with Crippen LogP contribution in [0.3, 0.4) is 0 Å². The highest BCUT2D eigenvalue weighted by Gasteiger charge is 2.34. The van der Waals surface area contributed by atoms with Crippen molar-refractivity contribution in [3.63, 3.8) is 0 Å². The van der Waals surface area contributed by atoms with Crippen molar-refractivity contribution in [2.75, 3.05) is 11.9 Å². The molecule has 19 heavy (non-hydrogen) atoms. The summed E-state index contributed by atoms with van der Waals surface area (Å²) in [7, 11) is 0. The highest BCUT2D eigenvalue weighted by molar-refractivity contribution is 9.10. The Morgan fingerprint density at radius 1 is 1.47 bits per heavy atom. The summed E-state index contributed by atoms with van der Waals surface area (Å²) >= 11 is 3.38. The average Bonchev–Trinajstić information content (AvgIpc) is 2.41. The van der Waals surface area contributed by atoms with Gasteiger partial charge in [0.2, 0.25) is 0 Å². The van der Waals surface area contributed by atoms with E-state index in [1.807, 2.05) is 13.8 Å². The van der Waals surface area contributed by atoms with Crippen LogP contribution in [0.15, 0.2) is 22.7 Å². The molecular formula is C14H17BrN2O2. The Bertz CT molecular complexity index is 505. The van der Waals surface area contributed by atoms with Crippen molar-refractivity contribution in [2.24, 2.45) is 5.41 Å². The minimum atomic E-state index is -0.783. The van der Waals surface area contributed by atoms with Gasteiger partial charge in [0.1, 0.15) is 0 Å². The Morgan fingerprint density at radius 2 is 2.11 bits per heavy atom. The number of nitriles is 1. The molecule has 0 aliphatic heterocycles. The molecule has 0 fully saturated rings. The van der Waals surface area contributed by atoms with Gasteiger partial charge in [-0.2, -0.15) is 5.26 Å². The summed E-state index contributed by atoms with van der Waals surface area (Å²) in [5.41, 5.74) is 0.604. The molecule has 5 heteroatoms. The van der Waals surface area contributed by atoms with E-state index in [0.29, 0.717) is 24.9 Å². The van der Waals surface area contributed by atoms with Crippen molar-refractivity contribution in [1.82, 2.24) is 0 Å². The van der Waals surface area contributed by atoms with E-state index in [2.05, 4.69) is 27.3 Å². The zero-order chi connectivity index (χ0) is 14.5. The quantitative estimate of drug-likeness (QED) is 0.838. The molecule has 1 rings (SSSR count). The first kappa shape index (κ1) is 15.5. The monoisotopic (exact) mass is 324 g/mol.